The molecule has 0 amide bonds. The number of nitrogens with one attached hydrogen (secondary N) is 1. The fourth-order valence-electron chi connectivity index (χ4n) is 2.30. The van der Waals surface area contributed by atoms with E-state index in [1.54, 1.807) is 0 Å². The summed E-state index contributed by atoms with van der Waals surface area (Å²) < 4.78 is 4.88. The maximum absolute atomic E-state index is 12.0. The second-order valence-electron chi connectivity index (χ2n) is 4.73. The molecule has 0 saturated heterocycles. The summed E-state index contributed by atoms with van der Waals surface area (Å²) >= 11 is 0. The van der Waals surface area contributed by atoms with Crippen molar-refractivity contribution in [3.8, 4) is 0 Å². The minimum absolute atomic E-state index is 0.348. The predicted octanol–water partition coefficient (Wildman–Crippen LogP) is 4.37. The SMILES string of the molecule is COC(=O)c1cc2ccccc2cc1Nc1ccccc1. The Hall–Kier alpha value is -2.81. The first kappa shape index (κ1) is 13.2. The van der Waals surface area contributed by atoms with Gasteiger partial charge in [0.05, 0.1) is 18.4 Å². The molecule has 0 heterocycles. The van der Waals surface area contributed by atoms with Crippen molar-refractivity contribution in [3.05, 3.63) is 72.3 Å². The van der Waals surface area contributed by atoms with Crippen LogP contribution in [0.2, 0.25) is 0 Å². The Morgan fingerprint density at radius 1 is 0.905 bits per heavy atom. The Bertz CT molecular complexity index is 782. The lowest BCUT2D eigenvalue weighted by molar-refractivity contribution is 0.0602. The minimum atomic E-state index is -0.348. The minimum Gasteiger partial charge on any atom is -0.465 e. The van der Waals surface area contributed by atoms with Gasteiger partial charge in [0, 0.05) is 5.69 Å². The number of anilines is 2. The quantitative estimate of drug-likeness (QED) is 0.722. The Balaban J connectivity index is 2.12. The fourth-order valence-corrected chi connectivity index (χ4v) is 2.30. The summed E-state index contributed by atoms with van der Waals surface area (Å²) in [5.41, 5.74) is 2.20. The molecule has 0 unspecified atom stereocenters. The van der Waals surface area contributed by atoms with E-state index >= 15 is 0 Å². The smallest absolute Gasteiger partial charge is 0.339 e. The van der Waals surface area contributed by atoms with E-state index < -0.39 is 0 Å². The molecule has 0 aliphatic carbocycles. The third-order valence-electron chi connectivity index (χ3n) is 3.34. The fraction of sp³-hybridized carbons (Fsp3) is 0.0556. The van der Waals surface area contributed by atoms with E-state index in [1.165, 1.54) is 7.11 Å². The second-order valence-corrected chi connectivity index (χ2v) is 4.73. The van der Waals surface area contributed by atoms with E-state index in [0.717, 1.165) is 22.1 Å². The molecule has 0 atom stereocenters. The molecule has 104 valence electrons. The molecular weight excluding hydrogens is 262 g/mol. The van der Waals surface area contributed by atoms with Gasteiger partial charge < -0.3 is 10.1 Å². The molecule has 0 aromatic heterocycles. The van der Waals surface area contributed by atoms with Crippen molar-refractivity contribution in [2.45, 2.75) is 0 Å². The van der Waals surface area contributed by atoms with Crippen molar-refractivity contribution in [2.75, 3.05) is 12.4 Å². The van der Waals surface area contributed by atoms with Gasteiger partial charge in [-0.15, -0.1) is 0 Å². The van der Waals surface area contributed by atoms with Crippen LogP contribution < -0.4 is 5.32 Å². The molecule has 0 saturated carbocycles. The number of hydrogen-bond donors (Lipinski definition) is 1. The average molecular weight is 277 g/mol. The standard InChI is InChI=1S/C18H15NO2/c1-21-18(20)16-11-13-7-5-6-8-14(13)12-17(16)19-15-9-3-2-4-10-15/h2-12,19H,1H3. The molecule has 3 nitrogen and oxygen atoms in total. The number of rotatable bonds is 3. The number of fused-ring (bicyclic) bond motifs is 1. The number of esters is 1. The molecule has 3 heteroatoms. The largest absolute Gasteiger partial charge is 0.465 e. The lowest BCUT2D eigenvalue weighted by Gasteiger charge is -2.12. The first-order valence-electron chi connectivity index (χ1n) is 6.71. The Morgan fingerprint density at radius 3 is 2.19 bits per heavy atom. The summed E-state index contributed by atoms with van der Waals surface area (Å²) in [4.78, 5) is 12.0. The van der Waals surface area contributed by atoms with E-state index in [1.807, 2.05) is 66.7 Å². The predicted molar refractivity (Wildman–Crippen MR) is 85.0 cm³/mol. The highest BCUT2D eigenvalue weighted by Crippen LogP contribution is 2.27. The molecule has 0 fully saturated rings. The van der Waals surface area contributed by atoms with E-state index in [2.05, 4.69) is 5.32 Å². The summed E-state index contributed by atoms with van der Waals surface area (Å²) in [6, 6.07) is 21.5. The van der Waals surface area contributed by atoms with E-state index in [4.69, 9.17) is 4.74 Å². The topological polar surface area (TPSA) is 38.3 Å². The van der Waals surface area contributed by atoms with E-state index in [9.17, 15) is 4.79 Å². The third-order valence-corrected chi connectivity index (χ3v) is 3.34. The van der Waals surface area contributed by atoms with Gasteiger partial charge in [-0.1, -0.05) is 42.5 Å². The zero-order valence-electron chi connectivity index (χ0n) is 11.7. The van der Waals surface area contributed by atoms with Crippen LogP contribution in [-0.2, 0) is 4.74 Å². The van der Waals surface area contributed by atoms with Gasteiger partial charge in [-0.3, -0.25) is 0 Å². The van der Waals surface area contributed by atoms with Crippen molar-refractivity contribution in [1.29, 1.82) is 0 Å². The van der Waals surface area contributed by atoms with Gasteiger partial charge in [0.1, 0.15) is 0 Å². The van der Waals surface area contributed by atoms with Gasteiger partial charge in [-0.2, -0.15) is 0 Å². The lowest BCUT2D eigenvalue weighted by atomic mass is 10.0. The van der Waals surface area contributed by atoms with Crippen LogP contribution in [0.15, 0.2) is 66.7 Å². The van der Waals surface area contributed by atoms with Crippen molar-refractivity contribution < 1.29 is 9.53 Å². The van der Waals surface area contributed by atoms with Crippen LogP contribution in [0.25, 0.3) is 10.8 Å². The van der Waals surface area contributed by atoms with Gasteiger partial charge in [0.15, 0.2) is 0 Å². The molecule has 0 spiro atoms. The van der Waals surface area contributed by atoms with Crippen molar-refractivity contribution in [1.82, 2.24) is 0 Å². The number of ether oxygens (including phenoxy) is 1. The summed E-state index contributed by atoms with van der Waals surface area (Å²) in [6.45, 7) is 0. The van der Waals surface area contributed by atoms with Crippen LogP contribution >= 0.6 is 0 Å². The number of benzene rings is 3. The number of para-hydroxylation sites is 1. The Kier molecular flexibility index (Phi) is 3.56. The van der Waals surface area contributed by atoms with Crippen LogP contribution in [0.5, 0.6) is 0 Å². The molecule has 3 aromatic rings. The highest BCUT2D eigenvalue weighted by atomic mass is 16.5. The third kappa shape index (κ3) is 2.72. The molecule has 0 radical (unpaired) electrons. The zero-order chi connectivity index (χ0) is 14.7. The molecule has 3 rings (SSSR count). The molecule has 0 bridgehead atoms. The van der Waals surface area contributed by atoms with Crippen LogP contribution in [0, 0.1) is 0 Å². The van der Waals surface area contributed by atoms with Crippen LogP contribution in [0.1, 0.15) is 10.4 Å². The maximum atomic E-state index is 12.0. The van der Waals surface area contributed by atoms with E-state index in [-0.39, 0.29) is 5.97 Å². The number of hydrogen-bond acceptors (Lipinski definition) is 3. The number of carbonyl (C=O) groups excluding carboxylic acids is 1. The summed E-state index contributed by atoms with van der Waals surface area (Å²) in [7, 11) is 1.39. The first-order valence-corrected chi connectivity index (χ1v) is 6.71. The molecule has 1 N–H and O–H groups in total. The van der Waals surface area contributed by atoms with Crippen LogP contribution in [0.4, 0.5) is 11.4 Å². The average Bonchev–Trinajstić information content (AvgIpc) is 2.54. The van der Waals surface area contributed by atoms with Gasteiger partial charge >= 0.3 is 5.97 Å². The van der Waals surface area contributed by atoms with Gasteiger partial charge in [0.25, 0.3) is 0 Å². The summed E-state index contributed by atoms with van der Waals surface area (Å²) in [5.74, 6) is -0.348. The van der Waals surface area contributed by atoms with Gasteiger partial charge in [-0.05, 0) is 35.0 Å². The Morgan fingerprint density at radius 2 is 1.52 bits per heavy atom. The van der Waals surface area contributed by atoms with E-state index in [0.29, 0.717) is 5.56 Å². The highest BCUT2D eigenvalue weighted by molar-refractivity contribution is 6.02. The van der Waals surface area contributed by atoms with Crippen LogP contribution in [-0.4, -0.2) is 13.1 Å². The monoisotopic (exact) mass is 277 g/mol. The van der Waals surface area contributed by atoms with Gasteiger partial charge in [0.2, 0.25) is 0 Å². The Labute approximate surface area is 123 Å². The second kappa shape index (κ2) is 5.67. The lowest BCUT2D eigenvalue weighted by Crippen LogP contribution is -2.05. The zero-order valence-corrected chi connectivity index (χ0v) is 11.7. The summed E-state index contributed by atoms with van der Waals surface area (Å²) in [5, 5.41) is 5.36. The molecule has 21 heavy (non-hydrogen) atoms. The maximum Gasteiger partial charge on any atom is 0.339 e. The molecule has 0 aliphatic heterocycles. The number of carbonyl (C=O) groups is 1. The normalized spacial score (nSPS) is 10.3. The van der Waals surface area contributed by atoms with Crippen molar-refractivity contribution in [3.63, 3.8) is 0 Å². The first-order chi connectivity index (χ1) is 10.3. The highest BCUT2D eigenvalue weighted by Gasteiger charge is 2.13. The van der Waals surface area contributed by atoms with Crippen LogP contribution in [0.3, 0.4) is 0 Å². The van der Waals surface area contributed by atoms with Crippen molar-refractivity contribution in [2.24, 2.45) is 0 Å². The molecule has 0 aliphatic rings. The number of methoxy groups -OCH3 is 1. The molecule has 3 aromatic carbocycles. The van der Waals surface area contributed by atoms with Gasteiger partial charge in [-0.25, -0.2) is 4.79 Å². The molecular formula is C18H15NO2. The summed E-state index contributed by atoms with van der Waals surface area (Å²) in [6.07, 6.45) is 0. The van der Waals surface area contributed by atoms with Crippen molar-refractivity contribution >= 4 is 28.1 Å².